The fourth-order valence-electron chi connectivity index (χ4n) is 4.59. The van der Waals surface area contributed by atoms with Crippen molar-refractivity contribution in [1.82, 2.24) is 10.2 Å². The van der Waals surface area contributed by atoms with Crippen molar-refractivity contribution in [3.63, 3.8) is 0 Å². The Morgan fingerprint density at radius 1 is 1.00 bits per heavy atom. The highest BCUT2D eigenvalue weighted by molar-refractivity contribution is 6.04. The summed E-state index contributed by atoms with van der Waals surface area (Å²) < 4.78 is 5.54. The second-order valence-corrected chi connectivity index (χ2v) is 8.55. The first-order valence-corrected chi connectivity index (χ1v) is 11.3. The molecule has 0 bridgehead atoms. The largest absolute Gasteiger partial charge is 0.482 e. The van der Waals surface area contributed by atoms with E-state index in [1.807, 2.05) is 0 Å². The van der Waals surface area contributed by atoms with Gasteiger partial charge in [-0.2, -0.15) is 0 Å². The van der Waals surface area contributed by atoms with Gasteiger partial charge in [-0.05, 0) is 43.9 Å². The van der Waals surface area contributed by atoms with E-state index in [2.05, 4.69) is 5.32 Å². The SMILES string of the molecule is O=C(NC1CCCCCCC1)c1ccc2c(c1)N(CC(=O)N1CCCC1)C(=O)CO2. The van der Waals surface area contributed by atoms with Crippen LogP contribution in [-0.4, -0.2) is 54.9 Å². The molecule has 3 amide bonds. The molecule has 1 N–H and O–H groups in total. The maximum Gasteiger partial charge on any atom is 0.265 e. The third-order valence-electron chi connectivity index (χ3n) is 6.36. The van der Waals surface area contributed by atoms with Gasteiger partial charge >= 0.3 is 0 Å². The summed E-state index contributed by atoms with van der Waals surface area (Å²) in [7, 11) is 0. The minimum atomic E-state index is -0.257. The van der Waals surface area contributed by atoms with Crippen LogP contribution in [0.25, 0.3) is 0 Å². The van der Waals surface area contributed by atoms with Gasteiger partial charge in [-0.3, -0.25) is 19.3 Å². The highest BCUT2D eigenvalue weighted by atomic mass is 16.5. The number of rotatable bonds is 4. The monoisotopic (exact) mass is 413 g/mol. The van der Waals surface area contributed by atoms with E-state index in [1.165, 1.54) is 24.2 Å². The molecule has 2 fully saturated rings. The lowest BCUT2D eigenvalue weighted by molar-refractivity contribution is -0.131. The highest BCUT2D eigenvalue weighted by Gasteiger charge is 2.30. The second-order valence-electron chi connectivity index (χ2n) is 8.55. The Bertz CT molecular complexity index is 796. The van der Waals surface area contributed by atoms with Gasteiger partial charge in [-0.1, -0.05) is 32.1 Å². The number of carbonyl (C=O) groups excluding carboxylic acids is 3. The van der Waals surface area contributed by atoms with Gasteiger partial charge in [0.2, 0.25) is 5.91 Å². The number of nitrogens with one attached hydrogen (secondary N) is 1. The Morgan fingerprint density at radius 3 is 2.43 bits per heavy atom. The minimum Gasteiger partial charge on any atom is -0.482 e. The van der Waals surface area contributed by atoms with Crippen LogP contribution in [-0.2, 0) is 9.59 Å². The van der Waals surface area contributed by atoms with Crippen molar-refractivity contribution in [3.8, 4) is 5.75 Å². The zero-order valence-electron chi connectivity index (χ0n) is 17.5. The van der Waals surface area contributed by atoms with Crippen molar-refractivity contribution >= 4 is 23.4 Å². The van der Waals surface area contributed by atoms with E-state index in [4.69, 9.17) is 4.74 Å². The van der Waals surface area contributed by atoms with Crippen molar-refractivity contribution in [2.45, 2.75) is 63.8 Å². The zero-order chi connectivity index (χ0) is 20.9. The summed E-state index contributed by atoms with van der Waals surface area (Å²) in [6.07, 6.45) is 10.0. The molecule has 7 nitrogen and oxygen atoms in total. The Hall–Kier alpha value is -2.57. The quantitative estimate of drug-likeness (QED) is 0.823. The van der Waals surface area contributed by atoms with E-state index in [9.17, 15) is 14.4 Å². The first-order chi connectivity index (χ1) is 14.6. The number of ether oxygens (including phenoxy) is 1. The van der Waals surface area contributed by atoms with E-state index < -0.39 is 0 Å². The van der Waals surface area contributed by atoms with Gasteiger partial charge in [0.1, 0.15) is 12.3 Å². The second kappa shape index (κ2) is 9.49. The smallest absolute Gasteiger partial charge is 0.265 e. The molecule has 0 aromatic heterocycles. The van der Waals surface area contributed by atoms with Gasteiger partial charge in [0.25, 0.3) is 11.8 Å². The van der Waals surface area contributed by atoms with Crippen LogP contribution in [0.3, 0.4) is 0 Å². The lowest BCUT2D eigenvalue weighted by Crippen LogP contribution is -2.46. The maximum atomic E-state index is 12.9. The van der Waals surface area contributed by atoms with E-state index in [1.54, 1.807) is 23.1 Å². The fourth-order valence-corrected chi connectivity index (χ4v) is 4.59. The molecule has 1 aromatic rings. The van der Waals surface area contributed by atoms with Crippen LogP contribution in [0.15, 0.2) is 18.2 Å². The average Bonchev–Trinajstić information content (AvgIpc) is 3.26. The standard InChI is InChI=1S/C23H31N3O4/c27-21(25-12-6-7-13-25)15-26-19-14-17(10-11-20(19)30-16-22(26)28)23(29)24-18-8-4-2-1-3-5-9-18/h10-11,14,18H,1-9,12-13,15-16H2,(H,24,29). The van der Waals surface area contributed by atoms with Crippen molar-refractivity contribution in [3.05, 3.63) is 23.8 Å². The van der Waals surface area contributed by atoms with E-state index in [0.717, 1.165) is 51.6 Å². The summed E-state index contributed by atoms with van der Waals surface area (Å²) in [5, 5.41) is 3.16. The molecular formula is C23H31N3O4. The summed E-state index contributed by atoms with van der Waals surface area (Å²) in [6.45, 7) is 1.39. The lowest BCUT2D eigenvalue weighted by atomic mass is 9.96. The molecule has 162 valence electrons. The average molecular weight is 414 g/mol. The van der Waals surface area contributed by atoms with Crippen LogP contribution in [0.5, 0.6) is 5.75 Å². The van der Waals surface area contributed by atoms with E-state index in [-0.39, 0.29) is 36.9 Å². The molecule has 0 radical (unpaired) electrons. The number of carbonyl (C=O) groups is 3. The third kappa shape index (κ3) is 4.77. The van der Waals surface area contributed by atoms with Gasteiger partial charge < -0.3 is 15.0 Å². The molecule has 1 saturated carbocycles. The summed E-state index contributed by atoms with van der Waals surface area (Å²) >= 11 is 0. The maximum absolute atomic E-state index is 12.9. The van der Waals surface area contributed by atoms with Crippen LogP contribution in [0.4, 0.5) is 5.69 Å². The number of hydrogen-bond acceptors (Lipinski definition) is 4. The number of hydrogen-bond donors (Lipinski definition) is 1. The molecule has 1 aliphatic carbocycles. The van der Waals surface area contributed by atoms with Crippen molar-refractivity contribution in [2.75, 3.05) is 31.1 Å². The summed E-state index contributed by atoms with van der Waals surface area (Å²) in [5.41, 5.74) is 0.997. The van der Waals surface area contributed by atoms with E-state index in [0.29, 0.717) is 17.0 Å². The molecule has 1 aromatic carbocycles. The number of amides is 3. The predicted octanol–water partition coefficient (Wildman–Crippen LogP) is 2.88. The lowest BCUT2D eigenvalue weighted by Gasteiger charge is -2.30. The molecular weight excluding hydrogens is 382 g/mol. The number of nitrogens with zero attached hydrogens (tertiary/aromatic N) is 2. The summed E-state index contributed by atoms with van der Waals surface area (Å²) in [6, 6.07) is 5.33. The van der Waals surface area contributed by atoms with Gasteiger partial charge in [0.15, 0.2) is 6.61 Å². The highest BCUT2D eigenvalue weighted by Crippen LogP contribution is 2.33. The van der Waals surface area contributed by atoms with Crippen LogP contribution in [0.2, 0.25) is 0 Å². The molecule has 0 spiro atoms. The molecule has 7 heteroatoms. The Labute approximate surface area is 177 Å². The van der Waals surface area contributed by atoms with Crippen LogP contribution in [0, 0.1) is 0 Å². The minimum absolute atomic E-state index is 0.0110. The van der Waals surface area contributed by atoms with Crippen LogP contribution >= 0.6 is 0 Å². The number of benzene rings is 1. The molecule has 3 aliphatic rings. The van der Waals surface area contributed by atoms with Gasteiger partial charge in [0, 0.05) is 24.7 Å². The predicted molar refractivity (Wildman–Crippen MR) is 114 cm³/mol. The summed E-state index contributed by atoms with van der Waals surface area (Å²) in [5.74, 6) is 0.0873. The molecule has 1 saturated heterocycles. The number of anilines is 1. The first-order valence-electron chi connectivity index (χ1n) is 11.3. The van der Waals surface area contributed by atoms with Gasteiger partial charge in [0.05, 0.1) is 5.69 Å². The van der Waals surface area contributed by atoms with Crippen molar-refractivity contribution in [1.29, 1.82) is 0 Å². The van der Waals surface area contributed by atoms with Crippen molar-refractivity contribution in [2.24, 2.45) is 0 Å². The molecule has 2 aliphatic heterocycles. The molecule has 30 heavy (non-hydrogen) atoms. The topological polar surface area (TPSA) is 79.0 Å². The molecule has 4 rings (SSSR count). The third-order valence-corrected chi connectivity index (χ3v) is 6.36. The van der Waals surface area contributed by atoms with Gasteiger partial charge in [-0.25, -0.2) is 0 Å². The van der Waals surface area contributed by atoms with Gasteiger partial charge in [-0.15, -0.1) is 0 Å². The number of fused-ring (bicyclic) bond motifs is 1. The first kappa shape index (κ1) is 20.7. The summed E-state index contributed by atoms with van der Waals surface area (Å²) in [4.78, 5) is 41.3. The Kier molecular flexibility index (Phi) is 6.55. The normalized spacial score (nSPS) is 20.2. The van der Waals surface area contributed by atoms with Crippen molar-refractivity contribution < 1.29 is 19.1 Å². The van der Waals surface area contributed by atoms with E-state index >= 15 is 0 Å². The van der Waals surface area contributed by atoms with Crippen LogP contribution < -0.4 is 15.0 Å². The Morgan fingerprint density at radius 2 is 1.70 bits per heavy atom. The number of likely N-dealkylation sites (tertiary alicyclic amines) is 1. The fraction of sp³-hybridized carbons (Fsp3) is 0.609. The Balaban J connectivity index is 1.48. The molecule has 2 heterocycles. The molecule has 0 unspecified atom stereocenters. The van der Waals surface area contributed by atoms with Crippen LogP contribution in [0.1, 0.15) is 68.1 Å². The zero-order valence-corrected chi connectivity index (χ0v) is 17.5. The molecule has 0 atom stereocenters.